The number of pyridine rings is 1. The number of alkyl halides is 3. The maximum atomic E-state index is 13.1. The molecule has 0 saturated heterocycles. The summed E-state index contributed by atoms with van der Waals surface area (Å²) in [5.41, 5.74) is 7.73. The van der Waals surface area contributed by atoms with Crippen LogP contribution < -0.4 is 11.1 Å². The number of amides is 1. The Morgan fingerprint density at radius 3 is 2.51 bits per heavy atom. The van der Waals surface area contributed by atoms with Crippen LogP contribution in [0.1, 0.15) is 15.2 Å². The highest BCUT2D eigenvalue weighted by atomic mass is 35.5. The number of carbonyl (C=O) groups is 1. The van der Waals surface area contributed by atoms with E-state index in [4.69, 9.17) is 21.8 Å². The normalized spacial score (nSPS) is 11.7. The van der Waals surface area contributed by atoms with Crippen LogP contribution in [0.3, 0.4) is 0 Å². The molecule has 35 heavy (non-hydrogen) atoms. The van der Waals surface area contributed by atoms with Crippen molar-refractivity contribution >= 4 is 50.4 Å². The summed E-state index contributed by atoms with van der Waals surface area (Å²) in [6.07, 6.45) is -3.01. The molecule has 0 saturated carbocycles. The number of hydrogen-bond donors (Lipinski definition) is 2. The van der Waals surface area contributed by atoms with Crippen LogP contribution in [-0.2, 0) is 6.18 Å². The Bertz CT molecular complexity index is 1550. The third-order valence-electron chi connectivity index (χ3n) is 5.28. The molecule has 0 fully saturated rings. The van der Waals surface area contributed by atoms with Gasteiger partial charge in [-0.15, -0.1) is 11.3 Å². The van der Waals surface area contributed by atoms with Crippen LogP contribution in [-0.4, -0.2) is 10.9 Å². The summed E-state index contributed by atoms with van der Waals surface area (Å²) in [7, 11) is 0. The fourth-order valence-electron chi connectivity index (χ4n) is 3.65. The number of carbonyl (C=O) groups excluding carboxylic acids is 1. The molecule has 0 radical (unpaired) electrons. The van der Waals surface area contributed by atoms with Crippen LogP contribution in [0.2, 0.25) is 5.02 Å². The Labute approximate surface area is 206 Å². The highest BCUT2D eigenvalue weighted by Gasteiger charge is 2.30. The summed E-state index contributed by atoms with van der Waals surface area (Å²) in [6.45, 7) is 0. The van der Waals surface area contributed by atoms with E-state index in [9.17, 15) is 18.0 Å². The number of nitrogens with zero attached hydrogens (tertiary/aromatic N) is 1. The number of nitrogens with two attached hydrogens (primary N) is 1. The van der Waals surface area contributed by atoms with Gasteiger partial charge in [-0.05, 0) is 48.5 Å². The predicted molar refractivity (Wildman–Crippen MR) is 132 cm³/mol. The standard InChI is InChI=1S/C25H15ClF3N3O2S/c26-15-8-6-13(7-9-15)18-12-17(19-5-2-10-34-19)20-21(30)22(35-24(20)32-18)23(33)31-16-4-1-3-14(11-16)25(27,28)29/h1-12H,30H2,(H,31,33). The molecule has 3 heterocycles. The second-order valence-corrected chi connectivity index (χ2v) is 9.03. The van der Waals surface area contributed by atoms with Gasteiger partial charge in [0, 0.05) is 27.2 Å². The number of rotatable bonds is 4. The van der Waals surface area contributed by atoms with Gasteiger partial charge < -0.3 is 15.5 Å². The zero-order valence-electron chi connectivity index (χ0n) is 17.7. The van der Waals surface area contributed by atoms with Gasteiger partial charge in [-0.25, -0.2) is 4.98 Å². The molecule has 2 aromatic carbocycles. The highest BCUT2D eigenvalue weighted by molar-refractivity contribution is 7.21. The van der Waals surface area contributed by atoms with Gasteiger partial charge in [-0.1, -0.05) is 29.8 Å². The molecular formula is C25H15ClF3N3O2S. The number of nitrogens with one attached hydrogen (secondary N) is 1. The third kappa shape index (κ3) is 4.48. The second-order valence-electron chi connectivity index (χ2n) is 7.60. The van der Waals surface area contributed by atoms with Crippen molar-refractivity contribution in [1.29, 1.82) is 0 Å². The lowest BCUT2D eigenvalue weighted by molar-refractivity contribution is -0.137. The maximum Gasteiger partial charge on any atom is 0.416 e. The molecule has 0 aliphatic rings. The first-order valence-corrected chi connectivity index (χ1v) is 11.4. The largest absolute Gasteiger partial charge is 0.464 e. The number of furan rings is 1. The SMILES string of the molecule is Nc1c(C(=O)Nc2cccc(C(F)(F)F)c2)sc2nc(-c3ccc(Cl)cc3)cc(-c3ccco3)c12. The average molecular weight is 514 g/mol. The minimum absolute atomic E-state index is 0.00255. The molecule has 5 nitrogen and oxygen atoms in total. The van der Waals surface area contributed by atoms with E-state index in [-0.39, 0.29) is 16.3 Å². The lowest BCUT2D eigenvalue weighted by atomic mass is 10.0. The van der Waals surface area contributed by atoms with E-state index in [2.05, 4.69) is 10.3 Å². The number of anilines is 2. The Morgan fingerprint density at radius 1 is 1.06 bits per heavy atom. The van der Waals surface area contributed by atoms with E-state index >= 15 is 0 Å². The van der Waals surface area contributed by atoms with Crippen molar-refractivity contribution in [2.75, 3.05) is 11.1 Å². The van der Waals surface area contributed by atoms with Gasteiger partial charge in [0.25, 0.3) is 5.91 Å². The number of nitrogen functional groups attached to an aromatic ring is 1. The molecule has 0 aliphatic heterocycles. The zero-order valence-corrected chi connectivity index (χ0v) is 19.3. The highest BCUT2D eigenvalue weighted by Crippen LogP contribution is 2.42. The minimum Gasteiger partial charge on any atom is -0.464 e. The van der Waals surface area contributed by atoms with Crippen molar-refractivity contribution < 1.29 is 22.4 Å². The number of hydrogen-bond acceptors (Lipinski definition) is 5. The summed E-state index contributed by atoms with van der Waals surface area (Å²) in [4.78, 5) is 18.3. The van der Waals surface area contributed by atoms with Crippen molar-refractivity contribution in [3.8, 4) is 22.6 Å². The number of thiophene rings is 1. The van der Waals surface area contributed by atoms with Gasteiger partial charge in [0.05, 0.1) is 23.2 Å². The first-order chi connectivity index (χ1) is 16.7. The molecule has 0 atom stereocenters. The van der Waals surface area contributed by atoms with Gasteiger partial charge in [0.2, 0.25) is 0 Å². The van der Waals surface area contributed by atoms with Crippen molar-refractivity contribution in [1.82, 2.24) is 4.98 Å². The molecular weight excluding hydrogens is 499 g/mol. The molecule has 0 unspecified atom stereocenters. The Kier molecular flexibility index (Phi) is 5.74. The zero-order chi connectivity index (χ0) is 24.7. The molecule has 0 bridgehead atoms. The molecule has 3 N–H and O–H groups in total. The Balaban J connectivity index is 1.60. The molecule has 5 aromatic rings. The first kappa shape index (κ1) is 22.9. The fraction of sp³-hybridized carbons (Fsp3) is 0.0400. The lowest BCUT2D eigenvalue weighted by Crippen LogP contribution is -2.13. The number of fused-ring (bicyclic) bond motifs is 1. The predicted octanol–water partition coefficient (Wildman–Crippen LogP) is 7.73. The van der Waals surface area contributed by atoms with Gasteiger partial charge in [-0.2, -0.15) is 13.2 Å². The van der Waals surface area contributed by atoms with Gasteiger partial charge in [-0.3, -0.25) is 4.79 Å². The fourth-order valence-corrected chi connectivity index (χ4v) is 4.79. The summed E-state index contributed by atoms with van der Waals surface area (Å²) in [5, 5.41) is 3.61. The Morgan fingerprint density at radius 2 is 1.83 bits per heavy atom. The van der Waals surface area contributed by atoms with Crippen molar-refractivity contribution in [3.05, 3.63) is 88.5 Å². The van der Waals surface area contributed by atoms with Crippen LogP contribution in [0.25, 0.3) is 32.8 Å². The maximum absolute atomic E-state index is 13.1. The smallest absolute Gasteiger partial charge is 0.416 e. The quantitative estimate of drug-likeness (QED) is 0.257. The molecule has 5 rings (SSSR count). The number of aromatic nitrogens is 1. The number of halogens is 4. The van der Waals surface area contributed by atoms with Crippen molar-refractivity contribution in [3.63, 3.8) is 0 Å². The van der Waals surface area contributed by atoms with Crippen molar-refractivity contribution in [2.45, 2.75) is 6.18 Å². The van der Waals surface area contributed by atoms with Crippen LogP contribution in [0, 0.1) is 0 Å². The molecule has 10 heteroatoms. The summed E-state index contributed by atoms with van der Waals surface area (Å²) in [6, 6.07) is 16.8. The molecule has 1 amide bonds. The van der Waals surface area contributed by atoms with Crippen molar-refractivity contribution in [2.24, 2.45) is 0 Å². The van der Waals surface area contributed by atoms with E-state index in [1.54, 1.807) is 24.3 Å². The van der Waals surface area contributed by atoms with Crippen LogP contribution in [0.15, 0.2) is 77.4 Å². The van der Waals surface area contributed by atoms with Crippen LogP contribution >= 0.6 is 22.9 Å². The minimum atomic E-state index is -4.53. The summed E-state index contributed by atoms with van der Waals surface area (Å²) in [5.74, 6) is -0.106. The van der Waals surface area contributed by atoms with E-state index in [0.29, 0.717) is 32.3 Å². The third-order valence-corrected chi connectivity index (χ3v) is 6.63. The monoisotopic (exact) mass is 513 g/mol. The molecule has 0 spiro atoms. The van der Waals surface area contributed by atoms with Gasteiger partial charge >= 0.3 is 6.18 Å². The number of benzene rings is 2. The van der Waals surface area contributed by atoms with E-state index < -0.39 is 17.6 Å². The second kappa shape index (κ2) is 8.75. The topological polar surface area (TPSA) is 81.2 Å². The van der Waals surface area contributed by atoms with E-state index in [1.165, 1.54) is 18.4 Å². The molecule has 176 valence electrons. The van der Waals surface area contributed by atoms with E-state index in [0.717, 1.165) is 29.0 Å². The lowest BCUT2D eigenvalue weighted by Gasteiger charge is -2.09. The summed E-state index contributed by atoms with van der Waals surface area (Å²) < 4.78 is 44.8. The Hall–Kier alpha value is -3.82. The van der Waals surface area contributed by atoms with Crippen LogP contribution in [0.4, 0.5) is 24.5 Å². The summed E-state index contributed by atoms with van der Waals surface area (Å²) >= 11 is 7.06. The van der Waals surface area contributed by atoms with Gasteiger partial charge in [0.1, 0.15) is 15.5 Å². The van der Waals surface area contributed by atoms with E-state index in [1.807, 2.05) is 18.2 Å². The van der Waals surface area contributed by atoms with Gasteiger partial charge in [0.15, 0.2) is 0 Å². The average Bonchev–Trinajstić information content (AvgIpc) is 3.47. The van der Waals surface area contributed by atoms with Crippen LogP contribution in [0.5, 0.6) is 0 Å². The first-order valence-electron chi connectivity index (χ1n) is 10.2. The molecule has 0 aliphatic carbocycles. The molecule has 3 aromatic heterocycles.